The van der Waals surface area contributed by atoms with E-state index in [1.165, 1.54) is 11.3 Å². The molecule has 2 heterocycles. The average molecular weight is 418 g/mol. The van der Waals surface area contributed by atoms with Gasteiger partial charge in [-0.2, -0.15) is 4.57 Å². The molecule has 2 aromatic rings. The van der Waals surface area contributed by atoms with Crippen LogP contribution in [0.15, 0.2) is 11.7 Å². The second-order valence-electron chi connectivity index (χ2n) is 4.76. The minimum atomic E-state index is -4.41. The number of nitrogen functional groups attached to an aromatic ring is 1. The molecule has 0 aliphatic rings. The highest BCUT2D eigenvalue weighted by Crippen LogP contribution is 2.35. The van der Waals surface area contributed by atoms with E-state index < -0.39 is 7.82 Å². The van der Waals surface area contributed by atoms with Gasteiger partial charge in [0, 0.05) is 19.5 Å². The molecule has 0 spiro atoms. The highest BCUT2D eigenvalue weighted by atomic mass is 35.5. The molecule has 0 radical (unpaired) electrons. The van der Waals surface area contributed by atoms with Gasteiger partial charge in [-0.15, -0.1) is 12.4 Å². The first-order valence-corrected chi connectivity index (χ1v) is 8.92. The Bertz CT molecular complexity index is 726. The quantitative estimate of drug-likeness (QED) is 0.417. The third kappa shape index (κ3) is 7.72. The molecule has 0 saturated heterocycles. The van der Waals surface area contributed by atoms with Crippen molar-refractivity contribution in [2.24, 2.45) is 0 Å². The lowest BCUT2D eigenvalue weighted by Crippen LogP contribution is -2.35. The van der Waals surface area contributed by atoms with Crippen molar-refractivity contribution in [3.63, 3.8) is 0 Å². The summed E-state index contributed by atoms with van der Waals surface area (Å²) < 4.78 is 17.1. The Balaban J connectivity index is 0. The topological polar surface area (TPSA) is 185 Å². The van der Waals surface area contributed by atoms with Crippen molar-refractivity contribution in [1.82, 2.24) is 9.97 Å². The maximum absolute atomic E-state index is 10.7. The Kier molecular flexibility index (Phi) is 11.2. The van der Waals surface area contributed by atoms with Crippen LogP contribution in [0.25, 0.3) is 0 Å². The molecule has 0 bridgehead atoms. The third-order valence-electron chi connectivity index (χ3n) is 3.10. The van der Waals surface area contributed by atoms with E-state index in [0.717, 1.165) is 16.1 Å². The lowest BCUT2D eigenvalue weighted by molar-refractivity contribution is -0.689. The number of hydrogen-bond acceptors (Lipinski definition) is 6. The highest BCUT2D eigenvalue weighted by Gasteiger charge is 2.19. The second kappa shape index (κ2) is 10.7. The van der Waals surface area contributed by atoms with E-state index in [4.69, 9.17) is 15.5 Å². The van der Waals surface area contributed by atoms with Gasteiger partial charge in [0.2, 0.25) is 5.51 Å². The maximum atomic E-state index is 10.7. The molecule has 0 saturated carbocycles. The van der Waals surface area contributed by atoms with Crippen molar-refractivity contribution in [2.45, 2.75) is 26.8 Å². The molecule has 0 aliphatic carbocycles. The smallest absolute Gasteiger partial charge is 0.412 e. The lowest BCUT2D eigenvalue weighted by Gasteiger charge is -2.04. The van der Waals surface area contributed by atoms with Crippen LogP contribution in [0.5, 0.6) is 0 Å². The Morgan fingerprint density at radius 3 is 2.56 bits per heavy atom. The van der Waals surface area contributed by atoms with E-state index in [2.05, 4.69) is 14.5 Å². The molecular formula is C12H23ClN4O6PS+. The fourth-order valence-corrected chi connectivity index (χ4v) is 3.23. The predicted octanol–water partition coefficient (Wildman–Crippen LogP) is -0.503. The van der Waals surface area contributed by atoms with Crippen LogP contribution in [-0.2, 0) is 22.1 Å². The Morgan fingerprint density at radius 1 is 1.36 bits per heavy atom. The number of halogens is 1. The molecule has 13 heteroatoms. The molecule has 0 aliphatic heterocycles. The molecule has 0 aromatic carbocycles. The summed E-state index contributed by atoms with van der Waals surface area (Å²) in [5.74, 6) is 1.08. The van der Waals surface area contributed by atoms with Crippen LogP contribution < -0.4 is 10.3 Å². The van der Waals surface area contributed by atoms with E-state index >= 15 is 0 Å². The van der Waals surface area contributed by atoms with Gasteiger partial charge in [-0.3, -0.25) is 4.52 Å². The standard InChI is InChI=1S/C12H17N4O4PS.ClH.2H2O/c1-8-11(3-4-20-21(17,18)19)22-7-16(8)6-10-5-14-9(2)15-12(10)13;;;/h5,7H,3-4,6H2,1-2H3,(H3-,13,14,15,17,18,19);1H;2*1H2/p+1. The summed E-state index contributed by atoms with van der Waals surface area (Å²) in [5, 5.41) is 0. The zero-order valence-electron chi connectivity index (χ0n) is 13.7. The Labute approximate surface area is 155 Å². The molecule has 8 N–H and O–H groups in total. The van der Waals surface area contributed by atoms with Gasteiger partial charge in [0.05, 0.1) is 17.0 Å². The van der Waals surface area contributed by atoms with E-state index in [-0.39, 0.29) is 30.0 Å². The van der Waals surface area contributed by atoms with Crippen molar-refractivity contribution in [2.75, 3.05) is 12.3 Å². The van der Waals surface area contributed by atoms with Gasteiger partial charge in [0.1, 0.15) is 11.6 Å². The summed E-state index contributed by atoms with van der Waals surface area (Å²) in [6.45, 7) is 4.24. The van der Waals surface area contributed by atoms with Crippen molar-refractivity contribution in [3.8, 4) is 0 Å². The second-order valence-corrected chi connectivity index (χ2v) is 6.94. The summed E-state index contributed by atoms with van der Waals surface area (Å²) in [4.78, 5) is 26.6. The van der Waals surface area contributed by atoms with Crippen LogP contribution in [0.1, 0.15) is 22.0 Å². The van der Waals surface area contributed by atoms with Gasteiger partial charge >= 0.3 is 7.82 Å². The lowest BCUT2D eigenvalue weighted by atomic mass is 10.2. The van der Waals surface area contributed by atoms with Crippen molar-refractivity contribution in [3.05, 3.63) is 33.7 Å². The molecule has 144 valence electrons. The molecular weight excluding hydrogens is 395 g/mol. The fourth-order valence-electron chi connectivity index (χ4n) is 1.92. The first-order chi connectivity index (χ1) is 10.3. The van der Waals surface area contributed by atoms with Gasteiger partial charge in [-0.05, 0) is 6.92 Å². The van der Waals surface area contributed by atoms with E-state index in [0.29, 0.717) is 24.6 Å². The predicted molar refractivity (Wildman–Crippen MR) is 95.7 cm³/mol. The molecule has 2 rings (SSSR count). The first kappa shape index (κ1) is 26.1. The molecule has 0 atom stereocenters. The Hall–Kier alpha value is -1.17. The minimum absolute atomic E-state index is 0. The fraction of sp³-hybridized carbons (Fsp3) is 0.417. The summed E-state index contributed by atoms with van der Waals surface area (Å²) in [6, 6.07) is 0. The minimum Gasteiger partial charge on any atom is -0.412 e. The van der Waals surface area contributed by atoms with Crippen LogP contribution >= 0.6 is 31.6 Å². The van der Waals surface area contributed by atoms with Gasteiger partial charge in [-0.1, -0.05) is 11.3 Å². The molecule has 0 amide bonds. The van der Waals surface area contributed by atoms with Gasteiger partial charge in [0.15, 0.2) is 12.2 Å². The summed E-state index contributed by atoms with van der Waals surface area (Å²) in [5.41, 5.74) is 9.65. The number of aromatic nitrogens is 3. The monoisotopic (exact) mass is 417 g/mol. The van der Waals surface area contributed by atoms with Gasteiger partial charge < -0.3 is 26.5 Å². The number of nitrogens with two attached hydrogens (primary N) is 1. The molecule has 10 nitrogen and oxygen atoms in total. The largest absolute Gasteiger partial charge is 0.469 e. The SMILES string of the molecule is Cc1ncc(C[n+]2csc(CCOP(=O)(O)O)c2C)c(N)n1.Cl.O.O. The van der Waals surface area contributed by atoms with E-state index in [1.807, 2.05) is 17.0 Å². The van der Waals surface area contributed by atoms with Crippen molar-refractivity contribution in [1.29, 1.82) is 0 Å². The normalized spacial score (nSPS) is 10.4. The third-order valence-corrected chi connectivity index (χ3v) is 4.77. The number of phosphoric ester groups is 1. The molecule has 2 aromatic heterocycles. The number of anilines is 1. The number of rotatable bonds is 6. The molecule has 0 unspecified atom stereocenters. The van der Waals surface area contributed by atoms with Crippen molar-refractivity contribution < 1.29 is 34.4 Å². The zero-order valence-corrected chi connectivity index (χ0v) is 16.2. The van der Waals surface area contributed by atoms with Gasteiger partial charge in [-0.25, -0.2) is 14.5 Å². The van der Waals surface area contributed by atoms with Crippen LogP contribution in [-0.4, -0.2) is 37.3 Å². The number of hydrogen-bond donors (Lipinski definition) is 3. The van der Waals surface area contributed by atoms with Crippen molar-refractivity contribution >= 4 is 37.4 Å². The number of phosphoric acid groups is 1. The average Bonchev–Trinajstić information content (AvgIpc) is 2.73. The first-order valence-electron chi connectivity index (χ1n) is 6.51. The summed E-state index contributed by atoms with van der Waals surface area (Å²) >= 11 is 1.50. The van der Waals surface area contributed by atoms with Crippen LogP contribution in [0, 0.1) is 13.8 Å². The van der Waals surface area contributed by atoms with E-state index in [9.17, 15) is 4.57 Å². The number of nitrogens with zero attached hydrogens (tertiary/aromatic N) is 3. The Morgan fingerprint density at radius 2 is 2.00 bits per heavy atom. The van der Waals surface area contributed by atoms with Crippen LogP contribution in [0.4, 0.5) is 5.82 Å². The summed E-state index contributed by atoms with van der Waals surface area (Å²) in [7, 11) is -4.41. The maximum Gasteiger partial charge on any atom is 0.469 e. The van der Waals surface area contributed by atoms with E-state index in [1.54, 1.807) is 13.1 Å². The highest BCUT2D eigenvalue weighted by molar-refractivity contribution is 7.46. The van der Waals surface area contributed by atoms with Crippen LogP contribution in [0.3, 0.4) is 0 Å². The summed E-state index contributed by atoms with van der Waals surface area (Å²) in [6.07, 6.45) is 2.15. The number of aryl methyl sites for hydroxylation is 1. The molecule has 0 fully saturated rings. The number of thiazole rings is 1. The molecule has 25 heavy (non-hydrogen) atoms. The van der Waals surface area contributed by atoms with Crippen LogP contribution in [0.2, 0.25) is 0 Å². The van der Waals surface area contributed by atoms with Gasteiger partial charge in [0.25, 0.3) is 0 Å². The zero-order chi connectivity index (χ0) is 16.3.